The lowest BCUT2D eigenvalue weighted by molar-refractivity contribution is 0.158. The Labute approximate surface area is 120 Å². The lowest BCUT2D eigenvalue weighted by Crippen LogP contribution is -2.28. The second-order valence-corrected chi connectivity index (χ2v) is 5.70. The second kappa shape index (κ2) is 4.71. The lowest BCUT2D eigenvalue weighted by Gasteiger charge is -2.30. The first-order valence-corrected chi connectivity index (χ1v) is 6.89. The Kier molecular flexibility index (Phi) is 3.01. The number of hydrogen-bond donors (Lipinski definition) is 1. The average molecular weight is 265 g/mol. The van der Waals surface area contributed by atoms with Crippen molar-refractivity contribution in [2.24, 2.45) is 0 Å². The normalized spacial score (nSPS) is 15.3. The molecule has 1 N–H and O–H groups in total. The number of ether oxygens (including phenoxy) is 1. The molecule has 0 fully saturated rings. The summed E-state index contributed by atoms with van der Waals surface area (Å²) in [6.45, 7) is 6.23. The molecule has 1 heterocycles. The molecule has 1 aliphatic rings. The van der Waals surface area contributed by atoms with Crippen LogP contribution in [0.5, 0.6) is 5.75 Å². The maximum atomic E-state index is 6.10. The number of para-hydroxylation sites is 1. The second-order valence-electron chi connectivity index (χ2n) is 5.70. The van der Waals surface area contributed by atoms with Gasteiger partial charge in [-0.1, -0.05) is 24.3 Å². The SMILES string of the molecule is Cc1ccc(Nc2ccccc2)c2c1OC(C)(C)C=C2. The van der Waals surface area contributed by atoms with Crippen molar-refractivity contribution in [3.05, 3.63) is 59.7 Å². The van der Waals surface area contributed by atoms with Crippen LogP contribution in [0, 0.1) is 6.92 Å². The van der Waals surface area contributed by atoms with Gasteiger partial charge in [-0.3, -0.25) is 0 Å². The summed E-state index contributed by atoms with van der Waals surface area (Å²) in [5.74, 6) is 0.971. The fourth-order valence-electron chi connectivity index (χ4n) is 2.38. The van der Waals surface area contributed by atoms with Crippen LogP contribution in [-0.2, 0) is 0 Å². The van der Waals surface area contributed by atoms with Gasteiger partial charge in [0.25, 0.3) is 0 Å². The first kappa shape index (κ1) is 12.8. The Morgan fingerprint density at radius 2 is 1.75 bits per heavy atom. The summed E-state index contributed by atoms with van der Waals surface area (Å²) in [4.78, 5) is 0. The van der Waals surface area contributed by atoms with E-state index in [2.05, 4.69) is 62.5 Å². The molecule has 20 heavy (non-hydrogen) atoms. The number of rotatable bonds is 2. The van der Waals surface area contributed by atoms with Crippen LogP contribution < -0.4 is 10.1 Å². The zero-order valence-corrected chi connectivity index (χ0v) is 12.1. The molecule has 2 aromatic carbocycles. The van der Waals surface area contributed by atoms with Gasteiger partial charge in [-0.05, 0) is 56.7 Å². The summed E-state index contributed by atoms with van der Waals surface area (Å²) in [6.07, 6.45) is 4.25. The lowest BCUT2D eigenvalue weighted by atomic mass is 9.98. The van der Waals surface area contributed by atoms with Crippen molar-refractivity contribution in [1.82, 2.24) is 0 Å². The van der Waals surface area contributed by atoms with E-state index in [-0.39, 0.29) is 5.60 Å². The van der Waals surface area contributed by atoms with Gasteiger partial charge in [0, 0.05) is 16.9 Å². The van der Waals surface area contributed by atoms with Gasteiger partial charge in [0.15, 0.2) is 0 Å². The summed E-state index contributed by atoms with van der Waals surface area (Å²) < 4.78 is 6.10. The van der Waals surface area contributed by atoms with Crippen LogP contribution in [0.3, 0.4) is 0 Å². The van der Waals surface area contributed by atoms with Gasteiger partial charge in [-0.25, -0.2) is 0 Å². The Morgan fingerprint density at radius 3 is 2.50 bits per heavy atom. The smallest absolute Gasteiger partial charge is 0.132 e. The van der Waals surface area contributed by atoms with Crippen molar-refractivity contribution < 1.29 is 4.74 Å². The van der Waals surface area contributed by atoms with Crippen LogP contribution in [-0.4, -0.2) is 5.60 Å². The molecule has 0 atom stereocenters. The quantitative estimate of drug-likeness (QED) is 0.832. The molecular formula is C18H19NO. The predicted octanol–water partition coefficient (Wildman–Crippen LogP) is 4.92. The fourth-order valence-corrected chi connectivity index (χ4v) is 2.38. The Hall–Kier alpha value is -2.22. The van der Waals surface area contributed by atoms with Crippen molar-refractivity contribution in [2.45, 2.75) is 26.4 Å². The Balaban J connectivity index is 2.02. The van der Waals surface area contributed by atoms with Crippen molar-refractivity contribution in [1.29, 1.82) is 0 Å². The standard InChI is InChI=1S/C18H19NO/c1-13-9-10-16(19-14-7-5-4-6-8-14)15-11-12-18(2,3)20-17(13)15/h4-12,19H,1-3H3. The molecule has 2 aromatic rings. The molecule has 0 aliphatic carbocycles. The summed E-state index contributed by atoms with van der Waals surface area (Å²) >= 11 is 0. The molecule has 0 spiro atoms. The molecule has 102 valence electrons. The molecule has 1 aliphatic heterocycles. The highest BCUT2D eigenvalue weighted by atomic mass is 16.5. The molecule has 0 bridgehead atoms. The average Bonchev–Trinajstić information content (AvgIpc) is 2.43. The number of hydrogen-bond acceptors (Lipinski definition) is 2. The zero-order valence-electron chi connectivity index (χ0n) is 12.1. The van der Waals surface area contributed by atoms with E-state index >= 15 is 0 Å². The maximum absolute atomic E-state index is 6.10. The van der Waals surface area contributed by atoms with Crippen molar-refractivity contribution in [2.75, 3.05) is 5.32 Å². The van der Waals surface area contributed by atoms with E-state index in [1.54, 1.807) is 0 Å². The van der Waals surface area contributed by atoms with Crippen LogP contribution in [0.1, 0.15) is 25.0 Å². The highest BCUT2D eigenvalue weighted by Gasteiger charge is 2.24. The van der Waals surface area contributed by atoms with Crippen molar-refractivity contribution in [3.63, 3.8) is 0 Å². The molecular weight excluding hydrogens is 246 g/mol. The van der Waals surface area contributed by atoms with Crippen LogP contribution >= 0.6 is 0 Å². The van der Waals surface area contributed by atoms with E-state index in [9.17, 15) is 0 Å². The van der Waals surface area contributed by atoms with E-state index in [4.69, 9.17) is 4.74 Å². The van der Waals surface area contributed by atoms with Crippen molar-refractivity contribution in [3.8, 4) is 5.75 Å². The number of benzene rings is 2. The zero-order chi connectivity index (χ0) is 14.2. The third kappa shape index (κ3) is 2.42. The van der Waals surface area contributed by atoms with E-state index in [1.165, 1.54) is 0 Å². The first-order valence-electron chi connectivity index (χ1n) is 6.89. The molecule has 0 saturated carbocycles. The van der Waals surface area contributed by atoms with Crippen LogP contribution in [0.15, 0.2) is 48.5 Å². The predicted molar refractivity (Wildman–Crippen MR) is 84.6 cm³/mol. The van der Waals surface area contributed by atoms with E-state index in [1.807, 2.05) is 18.2 Å². The summed E-state index contributed by atoms with van der Waals surface area (Å²) in [7, 11) is 0. The minimum absolute atomic E-state index is 0.247. The van der Waals surface area contributed by atoms with Crippen LogP contribution in [0.2, 0.25) is 0 Å². The van der Waals surface area contributed by atoms with E-state index in [0.717, 1.165) is 28.3 Å². The molecule has 0 amide bonds. The van der Waals surface area contributed by atoms with Crippen LogP contribution in [0.25, 0.3) is 6.08 Å². The molecule has 2 heteroatoms. The minimum atomic E-state index is -0.247. The van der Waals surface area contributed by atoms with Crippen LogP contribution in [0.4, 0.5) is 11.4 Å². The molecule has 0 unspecified atom stereocenters. The highest BCUT2D eigenvalue weighted by Crippen LogP contribution is 2.39. The molecule has 0 radical (unpaired) electrons. The van der Waals surface area contributed by atoms with Crippen molar-refractivity contribution >= 4 is 17.5 Å². The van der Waals surface area contributed by atoms with E-state index < -0.39 is 0 Å². The number of fused-ring (bicyclic) bond motifs is 1. The molecule has 2 nitrogen and oxygen atoms in total. The largest absolute Gasteiger partial charge is 0.483 e. The van der Waals surface area contributed by atoms with Gasteiger partial charge >= 0.3 is 0 Å². The van der Waals surface area contributed by atoms with Gasteiger partial charge in [-0.15, -0.1) is 0 Å². The third-order valence-electron chi connectivity index (χ3n) is 3.46. The minimum Gasteiger partial charge on any atom is -0.483 e. The number of nitrogens with one attached hydrogen (secondary N) is 1. The number of aryl methyl sites for hydroxylation is 1. The van der Waals surface area contributed by atoms with Gasteiger partial charge < -0.3 is 10.1 Å². The fraction of sp³-hybridized carbons (Fsp3) is 0.222. The molecule has 0 aromatic heterocycles. The van der Waals surface area contributed by atoms with Gasteiger partial charge in [0.2, 0.25) is 0 Å². The van der Waals surface area contributed by atoms with E-state index in [0.29, 0.717) is 0 Å². The van der Waals surface area contributed by atoms with Gasteiger partial charge in [0.1, 0.15) is 11.4 Å². The summed E-state index contributed by atoms with van der Waals surface area (Å²) in [5, 5.41) is 3.46. The Morgan fingerprint density at radius 1 is 1.00 bits per heavy atom. The summed E-state index contributed by atoms with van der Waals surface area (Å²) in [6, 6.07) is 14.4. The maximum Gasteiger partial charge on any atom is 0.132 e. The van der Waals surface area contributed by atoms with Gasteiger partial charge in [0.05, 0.1) is 0 Å². The van der Waals surface area contributed by atoms with Gasteiger partial charge in [-0.2, -0.15) is 0 Å². The topological polar surface area (TPSA) is 21.3 Å². The molecule has 0 saturated heterocycles. The molecule has 3 rings (SSSR count). The highest BCUT2D eigenvalue weighted by molar-refractivity contribution is 5.78. The number of anilines is 2. The first-order chi connectivity index (χ1) is 9.55. The Bertz CT molecular complexity index is 657. The third-order valence-corrected chi connectivity index (χ3v) is 3.46. The monoisotopic (exact) mass is 265 g/mol. The summed E-state index contributed by atoms with van der Waals surface area (Å²) in [5.41, 5.74) is 4.19.